The summed E-state index contributed by atoms with van der Waals surface area (Å²) in [5.41, 5.74) is -1.33. The van der Waals surface area contributed by atoms with Crippen molar-refractivity contribution in [3.8, 4) is 0 Å². The van der Waals surface area contributed by atoms with Gasteiger partial charge in [-0.05, 0) is 67.1 Å². The Morgan fingerprint density at radius 1 is 1.15 bits per heavy atom. The minimum atomic E-state index is -1.68. The highest BCUT2D eigenvalue weighted by Gasteiger charge is 2.50. The van der Waals surface area contributed by atoms with Crippen LogP contribution in [0.2, 0.25) is 0 Å². The maximum atomic E-state index is 12.9. The van der Waals surface area contributed by atoms with E-state index in [0.717, 1.165) is 38.8 Å². The molecule has 1 aliphatic carbocycles. The van der Waals surface area contributed by atoms with Crippen molar-refractivity contribution in [1.29, 1.82) is 0 Å². The number of carbonyl (C=O) groups is 1. The number of thiophene rings is 2. The first-order valence-electron chi connectivity index (χ1n) is 9.35. The van der Waals surface area contributed by atoms with Crippen LogP contribution in [0.25, 0.3) is 0 Å². The van der Waals surface area contributed by atoms with Crippen LogP contribution in [0, 0.1) is 5.41 Å². The summed E-state index contributed by atoms with van der Waals surface area (Å²) in [7, 11) is 0. The first-order chi connectivity index (χ1) is 12.6. The Morgan fingerprint density at radius 3 is 2.15 bits per heavy atom. The SMILES string of the molecule is CC.O=C(OC1CC2(CCNCC2)C1)C(O)(c1cccs1)c1cccs1. The third-order valence-corrected chi connectivity index (χ3v) is 7.27. The third kappa shape index (κ3) is 3.60. The molecule has 3 heterocycles. The van der Waals surface area contributed by atoms with Crippen LogP contribution in [0.5, 0.6) is 0 Å². The van der Waals surface area contributed by atoms with Crippen molar-refractivity contribution in [2.24, 2.45) is 5.41 Å². The molecule has 2 aromatic rings. The van der Waals surface area contributed by atoms with Crippen molar-refractivity contribution in [2.75, 3.05) is 13.1 Å². The van der Waals surface area contributed by atoms with E-state index in [1.807, 2.05) is 36.7 Å². The van der Waals surface area contributed by atoms with Crippen LogP contribution in [0.4, 0.5) is 0 Å². The first kappa shape index (κ1) is 19.5. The predicted octanol–water partition coefficient (Wildman–Crippen LogP) is 4.15. The molecule has 2 N–H and O–H groups in total. The van der Waals surface area contributed by atoms with Gasteiger partial charge < -0.3 is 15.2 Å². The smallest absolute Gasteiger partial charge is 0.349 e. The van der Waals surface area contributed by atoms with Gasteiger partial charge in [-0.25, -0.2) is 4.79 Å². The summed E-state index contributed by atoms with van der Waals surface area (Å²) in [5, 5.41) is 18.3. The second-order valence-electron chi connectivity index (χ2n) is 6.85. The fourth-order valence-corrected chi connectivity index (χ4v) is 5.60. The summed E-state index contributed by atoms with van der Waals surface area (Å²) in [6.45, 7) is 6.10. The molecule has 1 aliphatic heterocycles. The Bertz CT molecular complexity index is 648. The molecule has 0 bridgehead atoms. The van der Waals surface area contributed by atoms with E-state index in [1.54, 1.807) is 12.1 Å². The molecule has 1 saturated carbocycles. The van der Waals surface area contributed by atoms with Gasteiger partial charge in [0.05, 0.1) is 9.75 Å². The van der Waals surface area contributed by atoms with Crippen molar-refractivity contribution >= 4 is 28.6 Å². The van der Waals surface area contributed by atoms with Crippen molar-refractivity contribution in [3.63, 3.8) is 0 Å². The second-order valence-corrected chi connectivity index (χ2v) is 8.75. The van der Waals surface area contributed by atoms with Crippen LogP contribution in [0.15, 0.2) is 35.0 Å². The lowest BCUT2D eigenvalue weighted by Crippen LogP contribution is -2.51. The van der Waals surface area contributed by atoms with Gasteiger partial charge in [0, 0.05) is 0 Å². The number of rotatable bonds is 4. The summed E-state index contributed by atoms with van der Waals surface area (Å²) in [5.74, 6) is -0.541. The average molecular weight is 394 g/mol. The molecule has 0 aromatic carbocycles. The van der Waals surface area contributed by atoms with Gasteiger partial charge in [-0.3, -0.25) is 0 Å². The van der Waals surface area contributed by atoms with Crippen molar-refractivity contribution in [1.82, 2.24) is 5.32 Å². The number of piperidine rings is 1. The quantitative estimate of drug-likeness (QED) is 0.766. The van der Waals surface area contributed by atoms with Crippen LogP contribution < -0.4 is 5.32 Å². The zero-order chi connectivity index (χ0) is 18.6. The van der Waals surface area contributed by atoms with Crippen molar-refractivity contribution < 1.29 is 14.6 Å². The topological polar surface area (TPSA) is 58.6 Å². The van der Waals surface area contributed by atoms with E-state index in [2.05, 4.69) is 5.32 Å². The average Bonchev–Trinajstić information content (AvgIpc) is 3.36. The standard InChI is InChI=1S/C18H21NO3S2.C2H6/c20-16(22-13-11-17(12-13)5-7-19-8-6-17)18(21,14-3-1-9-23-14)15-4-2-10-24-15;1-2/h1-4,9-10,13,19,21H,5-8,11-12H2;1-2H3. The van der Waals surface area contributed by atoms with Crippen LogP contribution in [0.3, 0.4) is 0 Å². The molecular weight excluding hydrogens is 366 g/mol. The van der Waals surface area contributed by atoms with Gasteiger partial charge in [-0.2, -0.15) is 0 Å². The lowest BCUT2D eigenvalue weighted by molar-refractivity contribution is -0.180. The van der Waals surface area contributed by atoms with E-state index >= 15 is 0 Å². The molecule has 4 nitrogen and oxygen atoms in total. The number of hydrogen-bond acceptors (Lipinski definition) is 6. The van der Waals surface area contributed by atoms with Crippen LogP contribution in [-0.4, -0.2) is 30.3 Å². The molecule has 1 spiro atoms. The zero-order valence-corrected chi connectivity index (χ0v) is 17.0. The third-order valence-electron chi connectivity index (χ3n) is 5.31. The highest BCUT2D eigenvalue weighted by atomic mass is 32.1. The van der Waals surface area contributed by atoms with Crippen molar-refractivity contribution in [2.45, 2.75) is 51.2 Å². The van der Waals surface area contributed by atoms with E-state index in [1.165, 1.54) is 22.7 Å². The number of nitrogens with one attached hydrogen (secondary N) is 1. The monoisotopic (exact) mass is 393 g/mol. The van der Waals surface area contributed by atoms with E-state index in [-0.39, 0.29) is 6.10 Å². The fraction of sp³-hybridized carbons (Fsp3) is 0.550. The zero-order valence-electron chi connectivity index (χ0n) is 15.4. The summed E-state index contributed by atoms with van der Waals surface area (Å²) >= 11 is 2.76. The Morgan fingerprint density at radius 2 is 1.69 bits per heavy atom. The Balaban J connectivity index is 0.000000948. The van der Waals surface area contributed by atoms with E-state index in [9.17, 15) is 9.90 Å². The Labute approximate surface area is 163 Å². The van der Waals surface area contributed by atoms with Crippen molar-refractivity contribution in [3.05, 3.63) is 44.8 Å². The summed E-state index contributed by atoms with van der Waals surface area (Å²) in [4.78, 5) is 14.1. The predicted molar refractivity (Wildman–Crippen MR) is 107 cm³/mol. The number of carbonyl (C=O) groups excluding carboxylic acids is 1. The minimum absolute atomic E-state index is 0.0675. The number of hydrogen-bond donors (Lipinski definition) is 2. The lowest BCUT2D eigenvalue weighted by Gasteiger charge is -2.49. The summed E-state index contributed by atoms with van der Waals surface area (Å²) in [6.07, 6.45) is 4.08. The van der Waals surface area contributed by atoms with Crippen LogP contribution in [-0.2, 0) is 15.1 Å². The van der Waals surface area contributed by atoms with Gasteiger partial charge in [-0.1, -0.05) is 26.0 Å². The fourth-order valence-electron chi connectivity index (χ4n) is 3.88. The normalized spacial score (nSPS) is 19.3. The molecular formula is C20H27NO3S2. The Kier molecular flexibility index (Phi) is 6.17. The first-order valence-corrected chi connectivity index (χ1v) is 11.1. The number of esters is 1. The lowest BCUT2D eigenvalue weighted by atomic mass is 9.61. The number of aliphatic hydroxyl groups is 1. The summed E-state index contributed by atoms with van der Waals surface area (Å²) < 4.78 is 5.73. The molecule has 0 amide bonds. The molecule has 4 rings (SSSR count). The van der Waals surface area contributed by atoms with E-state index in [4.69, 9.17) is 4.74 Å². The molecule has 2 aliphatic rings. The van der Waals surface area contributed by atoms with Gasteiger partial charge in [0.2, 0.25) is 5.60 Å². The van der Waals surface area contributed by atoms with Crippen LogP contribution >= 0.6 is 22.7 Å². The van der Waals surface area contributed by atoms with Gasteiger partial charge >= 0.3 is 5.97 Å². The second kappa shape index (κ2) is 8.21. The molecule has 0 unspecified atom stereocenters. The molecule has 6 heteroatoms. The molecule has 1 saturated heterocycles. The van der Waals surface area contributed by atoms with Gasteiger partial charge in [0.15, 0.2) is 0 Å². The molecule has 142 valence electrons. The van der Waals surface area contributed by atoms with Gasteiger partial charge in [0.25, 0.3) is 0 Å². The maximum Gasteiger partial charge on any atom is 0.349 e. The maximum absolute atomic E-state index is 12.9. The molecule has 2 aromatic heterocycles. The molecule has 2 fully saturated rings. The molecule has 0 radical (unpaired) electrons. The summed E-state index contributed by atoms with van der Waals surface area (Å²) in [6, 6.07) is 7.28. The van der Waals surface area contributed by atoms with E-state index in [0.29, 0.717) is 15.2 Å². The highest BCUT2D eigenvalue weighted by molar-refractivity contribution is 7.12. The van der Waals surface area contributed by atoms with E-state index < -0.39 is 11.6 Å². The van der Waals surface area contributed by atoms with Crippen LogP contribution in [0.1, 0.15) is 49.3 Å². The Hall–Kier alpha value is -1.21. The molecule has 26 heavy (non-hydrogen) atoms. The van der Waals surface area contributed by atoms with Gasteiger partial charge in [0.1, 0.15) is 6.10 Å². The highest BCUT2D eigenvalue weighted by Crippen LogP contribution is 2.50. The minimum Gasteiger partial charge on any atom is -0.460 e. The number of ether oxygens (including phenoxy) is 1. The largest absolute Gasteiger partial charge is 0.460 e. The molecule has 0 atom stereocenters. The van der Waals surface area contributed by atoms with Gasteiger partial charge in [-0.15, -0.1) is 22.7 Å².